The molecular formula is C14H19NO2. The van der Waals surface area contributed by atoms with Crippen LogP contribution >= 0.6 is 0 Å². The quantitative estimate of drug-likeness (QED) is 0.839. The highest BCUT2D eigenvalue weighted by atomic mass is 16.5. The number of piperidine rings is 1. The summed E-state index contributed by atoms with van der Waals surface area (Å²) in [5.74, 6) is 1.04. The van der Waals surface area contributed by atoms with Gasteiger partial charge in [0, 0.05) is 19.5 Å². The number of β-amino-alcohol motifs (C(OH)–C–C–N with tert-alkyl or cyclic N) is 1. The molecule has 0 amide bonds. The van der Waals surface area contributed by atoms with Crippen molar-refractivity contribution in [1.82, 2.24) is 4.90 Å². The Hall–Kier alpha value is -1.06. The fourth-order valence-electron chi connectivity index (χ4n) is 2.84. The molecule has 2 heterocycles. The van der Waals surface area contributed by atoms with Gasteiger partial charge in [-0.2, -0.15) is 0 Å². The van der Waals surface area contributed by atoms with Crippen molar-refractivity contribution in [2.75, 3.05) is 19.6 Å². The summed E-state index contributed by atoms with van der Waals surface area (Å²) in [5, 5.41) is 9.64. The molecule has 2 aliphatic heterocycles. The molecule has 0 radical (unpaired) electrons. The van der Waals surface area contributed by atoms with Crippen LogP contribution in [0, 0.1) is 0 Å². The third-order valence-corrected chi connectivity index (χ3v) is 3.66. The van der Waals surface area contributed by atoms with Gasteiger partial charge >= 0.3 is 0 Å². The van der Waals surface area contributed by atoms with Crippen LogP contribution in [-0.2, 0) is 6.42 Å². The number of rotatable bonds is 2. The van der Waals surface area contributed by atoms with Gasteiger partial charge in [0.25, 0.3) is 0 Å². The average Bonchev–Trinajstić information content (AvgIpc) is 2.71. The number of fused-ring (bicyclic) bond motifs is 1. The van der Waals surface area contributed by atoms with Crippen molar-refractivity contribution >= 4 is 0 Å². The Balaban J connectivity index is 1.58. The van der Waals surface area contributed by atoms with Crippen molar-refractivity contribution in [3.05, 3.63) is 29.8 Å². The average molecular weight is 233 g/mol. The normalized spacial score (nSPS) is 28.8. The summed E-state index contributed by atoms with van der Waals surface area (Å²) in [6.45, 7) is 2.83. The van der Waals surface area contributed by atoms with Crippen molar-refractivity contribution in [1.29, 1.82) is 0 Å². The van der Waals surface area contributed by atoms with E-state index in [1.54, 1.807) is 0 Å². The molecule has 0 spiro atoms. The summed E-state index contributed by atoms with van der Waals surface area (Å²) in [4.78, 5) is 2.32. The van der Waals surface area contributed by atoms with Crippen molar-refractivity contribution in [3.63, 3.8) is 0 Å². The molecule has 3 nitrogen and oxygen atoms in total. The summed E-state index contributed by atoms with van der Waals surface area (Å²) in [7, 11) is 0. The first-order valence-electron chi connectivity index (χ1n) is 6.46. The number of benzene rings is 1. The van der Waals surface area contributed by atoms with E-state index < -0.39 is 0 Å². The van der Waals surface area contributed by atoms with E-state index in [2.05, 4.69) is 17.0 Å². The van der Waals surface area contributed by atoms with Gasteiger partial charge in [-0.05, 0) is 31.0 Å². The number of aliphatic hydroxyl groups excluding tert-OH is 1. The van der Waals surface area contributed by atoms with Crippen LogP contribution in [0.5, 0.6) is 5.75 Å². The number of nitrogens with zero attached hydrogens (tertiary/aromatic N) is 1. The Labute approximate surface area is 102 Å². The van der Waals surface area contributed by atoms with E-state index in [0.717, 1.165) is 44.6 Å². The van der Waals surface area contributed by atoms with E-state index in [1.165, 1.54) is 5.56 Å². The maximum absolute atomic E-state index is 9.64. The first kappa shape index (κ1) is 11.1. The van der Waals surface area contributed by atoms with E-state index in [-0.39, 0.29) is 12.2 Å². The van der Waals surface area contributed by atoms with Crippen LogP contribution in [0.4, 0.5) is 0 Å². The van der Waals surface area contributed by atoms with Crippen molar-refractivity contribution in [2.24, 2.45) is 0 Å². The van der Waals surface area contributed by atoms with Crippen LogP contribution in [-0.4, -0.2) is 41.8 Å². The van der Waals surface area contributed by atoms with E-state index >= 15 is 0 Å². The van der Waals surface area contributed by atoms with E-state index in [1.807, 2.05) is 12.1 Å². The van der Waals surface area contributed by atoms with Gasteiger partial charge < -0.3 is 9.84 Å². The lowest BCUT2D eigenvalue weighted by Gasteiger charge is -2.31. The molecule has 92 valence electrons. The number of aliphatic hydroxyl groups is 1. The van der Waals surface area contributed by atoms with Crippen molar-refractivity contribution in [2.45, 2.75) is 31.5 Å². The number of hydrogen-bond acceptors (Lipinski definition) is 3. The highest BCUT2D eigenvalue weighted by Crippen LogP contribution is 2.28. The first-order chi connectivity index (χ1) is 8.31. The standard InChI is InChI=1S/C14H19NO2/c16-12-5-3-7-15(9-12)10-13-8-11-4-1-2-6-14(11)17-13/h1-2,4,6,12-13,16H,3,5,7-10H2. The Morgan fingerprint density at radius 2 is 2.24 bits per heavy atom. The molecule has 0 aliphatic carbocycles. The molecule has 1 aromatic rings. The highest BCUT2D eigenvalue weighted by molar-refractivity contribution is 5.37. The van der Waals surface area contributed by atoms with Gasteiger partial charge in [0.05, 0.1) is 6.10 Å². The van der Waals surface area contributed by atoms with Crippen LogP contribution in [0.25, 0.3) is 0 Å². The molecule has 0 aromatic heterocycles. The highest BCUT2D eigenvalue weighted by Gasteiger charge is 2.26. The van der Waals surface area contributed by atoms with E-state index in [0.29, 0.717) is 0 Å². The monoisotopic (exact) mass is 233 g/mol. The van der Waals surface area contributed by atoms with Crippen LogP contribution in [0.3, 0.4) is 0 Å². The molecule has 1 N–H and O–H groups in total. The topological polar surface area (TPSA) is 32.7 Å². The predicted molar refractivity (Wildman–Crippen MR) is 66.2 cm³/mol. The lowest BCUT2D eigenvalue weighted by Crippen LogP contribution is -2.43. The van der Waals surface area contributed by atoms with Crippen molar-refractivity contribution in [3.8, 4) is 5.75 Å². The Bertz CT molecular complexity index is 369. The lowest BCUT2D eigenvalue weighted by molar-refractivity contribution is 0.0502. The molecule has 1 fully saturated rings. The molecule has 2 atom stereocenters. The summed E-state index contributed by atoms with van der Waals surface area (Å²) < 4.78 is 5.92. The molecule has 2 unspecified atom stereocenters. The maximum Gasteiger partial charge on any atom is 0.123 e. The Morgan fingerprint density at radius 1 is 1.35 bits per heavy atom. The Kier molecular flexibility index (Phi) is 3.04. The SMILES string of the molecule is OC1CCCN(CC2Cc3ccccc3O2)C1. The number of ether oxygens (including phenoxy) is 1. The van der Waals surface area contributed by atoms with Crippen LogP contribution < -0.4 is 4.74 Å². The van der Waals surface area contributed by atoms with Gasteiger partial charge in [0.1, 0.15) is 11.9 Å². The van der Waals surface area contributed by atoms with Gasteiger partial charge in [-0.3, -0.25) is 4.90 Å². The second-order valence-electron chi connectivity index (χ2n) is 5.11. The smallest absolute Gasteiger partial charge is 0.123 e. The van der Waals surface area contributed by atoms with Crippen LogP contribution in [0.1, 0.15) is 18.4 Å². The lowest BCUT2D eigenvalue weighted by atomic mass is 10.1. The van der Waals surface area contributed by atoms with Crippen molar-refractivity contribution < 1.29 is 9.84 Å². The van der Waals surface area contributed by atoms with Gasteiger partial charge in [-0.1, -0.05) is 18.2 Å². The second kappa shape index (κ2) is 4.67. The van der Waals surface area contributed by atoms with E-state index in [4.69, 9.17) is 4.74 Å². The zero-order chi connectivity index (χ0) is 11.7. The molecular weight excluding hydrogens is 214 g/mol. The Morgan fingerprint density at radius 3 is 3.06 bits per heavy atom. The first-order valence-corrected chi connectivity index (χ1v) is 6.46. The summed E-state index contributed by atoms with van der Waals surface area (Å²) >= 11 is 0. The summed E-state index contributed by atoms with van der Waals surface area (Å²) in [6.07, 6.45) is 3.16. The van der Waals surface area contributed by atoms with Gasteiger partial charge in [-0.25, -0.2) is 0 Å². The predicted octanol–water partition coefficient (Wildman–Crippen LogP) is 1.45. The van der Waals surface area contributed by atoms with Gasteiger partial charge in [0.2, 0.25) is 0 Å². The van der Waals surface area contributed by atoms with E-state index in [9.17, 15) is 5.11 Å². The maximum atomic E-state index is 9.64. The number of hydrogen-bond donors (Lipinski definition) is 1. The number of likely N-dealkylation sites (tertiary alicyclic amines) is 1. The molecule has 3 heteroatoms. The number of para-hydroxylation sites is 1. The molecule has 2 aliphatic rings. The minimum atomic E-state index is -0.146. The third kappa shape index (κ3) is 2.45. The largest absolute Gasteiger partial charge is 0.488 e. The minimum Gasteiger partial charge on any atom is -0.488 e. The molecule has 1 saturated heterocycles. The van der Waals surface area contributed by atoms with Gasteiger partial charge in [-0.15, -0.1) is 0 Å². The fourth-order valence-corrected chi connectivity index (χ4v) is 2.84. The molecule has 1 aromatic carbocycles. The van der Waals surface area contributed by atoms with Gasteiger partial charge in [0.15, 0.2) is 0 Å². The molecule has 3 rings (SSSR count). The summed E-state index contributed by atoms with van der Waals surface area (Å²) in [6, 6.07) is 8.27. The molecule has 0 saturated carbocycles. The van der Waals surface area contributed by atoms with Crippen LogP contribution in [0.15, 0.2) is 24.3 Å². The second-order valence-corrected chi connectivity index (χ2v) is 5.11. The molecule has 17 heavy (non-hydrogen) atoms. The third-order valence-electron chi connectivity index (χ3n) is 3.66. The van der Waals surface area contributed by atoms with Crippen LogP contribution in [0.2, 0.25) is 0 Å². The zero-order valence-corrected chi connectivity index (χ0v) is 10.0. The summed E-state index contributed by atoms with van der Waals surface area (Å²) in [5.41, 5.74) is 1.31. The zero-order valence-electron chi connectivity index (χ0n) is 10.0. The molecule has 0 bridgehead atoms. The fraction of sp³-hybridized carbons (Fsp3) is 0.571. The minimum absolute atomic E-state index is 0.146.